The molecule has 1 saturated heterocycles. The van der Waals surface area contributed by atoms with Crippen LogP contribution >= 0.6 is 0 Å². The van der Waals surface area contributed by atoms with E-state index in [0.717, 1.165) is 32.8 Å². The maximum absolute atomic E-state index is 5.86. The first-order valence-corrected chi connectivity index (χ1v) is 6.67. The minimum absolute atomic E-state index is 0.432. The van der Waals surface area contributed by atoms with E-state index < -0.39 is 0 Å². The minimum atomic E-state index is 0.432. The summed E-state index contributed by atoms with van der Waals surface area (Å²) in [5.74, 6) is 0. The first-order valence-electron chi connectivity index (χ1n) is 6.67. The average Bonchev–Trinajstić information content (AvgIpc) is 2.23. The molecule has 0 aromatic rings. The molecule has 2 fully saturated rings. The monoisotopic (exact) mass is 226 g/mol. The van der Waals surface area contributed by atoms with E-state index in [-0.39, 0.29) is 0 Å². The Hall–Kier alpha value is -0.120. The largest absolute Gasteiger partial charge is 0.381 e. The fourth-order valence-electron chi connectivity index (χ4n) is 2.80. The van der Waals surface area contributed by atoms with Crippen LogP contribution in [0.5, 0.6) is 0 Å². The second-order valence-electron chi connectivity index (χ2n) is 6.08. The summed E-state index contributed by atoms with van der Waals surface area (Å²) in [6.45, 7) is 7.32. The van der Waals surface area contributed by atoms with Gasteiger partial charge < -0.3 is 15.8 Å². The van der Waals surface area contributed by atoms with Crippen molar-refractivity contribution in [2.75, 3.05) is 32.8 Å². The van der Waals surface area contributed by atoms with Gasteiger partial charge in [0.25, 0.3) is 0 Å². The number of rotatable bonds is 5. The van der Waals surface area contributed by atoms with E-state index in [9.17, 15) is 0 Å². The second-order valence-corrected chi connectivity index (χ2v) is 6.08. The van der Waals surface area contributed by atoms with Crippen molar-refractivity contribution in [3.8, 4) is 0 Å². The van der Waals surface area contributed by atoms with Gasteiger partial charge in [-0.15, -0.1) is 0 Å². The summed E-state index contributed by atoms with van der Waals surface area (Å²) >= 11 is 0. The molecule has 0 spiro atoms. The van der Waals surface area contributed by atoms with Crippen molar-refractivity contribution in [2.24, 2.45) is 16.6 Å². The van der Waals surface area contributed by atoms with Crippen molar-refractivity contribution in [1.29, 1.82) is 0 Å². The van der Waals surface area contributed by atoms with Gasteiger partial charge in [-0.05, 0) is 43.1 Å². The molecule has 0 aromatic carbocycles. The van der Waals surface area contributed by atoms with Gasteiger partial charge in [-0.2, -0.15) is 0 Å². The molecule has 3 nitrogen and oxygen atoms in total. The number of hydrogen-bond donors (Lipinski definition) is 2. The van der Waals surface area contributed by atoms with Gasteiger partial charge >= 0.3 is 0 Å². The van der Waals surface area contributed by atoms with Gasteiger partial charge in [-0.3, -0.25) is 0 Å². The van der Waals surface area contributed by atoms with Crippen molar-refractivity contribution in [3.05, 3.63) is 0 Å². The quantitative estimate of drug-likeness (QED) is 0.747. The summed E-state index contributed by atoms with van der Waals surface area (Å²) in [7, 11) is 0. The minimum Gasteiger partial charge on any atom is -0.381 e. The lowest BCUT2D eigenvalue weighted by atomic mass is 9.68. The first kappa shape index (κ1) is 12.3. The third-order valence-electron chi connectivity index (χ3n) is 4.60. The Bertz CT molecular complexity index is 214. The smallest absolute Gasteiger partial charge is 0.0471 e. The Morgan fingerprint density at radius 3 is 2.31 bits per heavy atom. The molecule has 3 heteroatoms. The second kappa shape index (κ2) is 5.03. The average molecular weight is 226 g/mol. The highest BCUT2D eigenvalue weighted by atomic mass is 16.5. The van der Waals surface area contributed by atoms with Gasteiger partial charge in [0.15, 0.2) is 0 Å². The van der Waals surface area contributed by atoms with Gasteiger partial charge in [0.2, 0.25) is 0 Å². The van der Waals surface area contributed by atoms with Crippen LogP contribution < -0.4 is 11.1 Å². The van der Waals surface area contributed by atoms with E-state index in [2.05, 4.69) is 12.2 Å². The molecule has 2 rings (SSSR count). The molecular formula is C13H26N2O. The Kier molecular flexibility index (Phi) is 3.88. The van der Waals surface area contributed by atoms with Crippen LogP contribution in [-0.4, -0.2) is 32.8 Å². The van der Waals surface area contributed by atoms with Crippen molar-refractivity contribution >= 4 is 0 Å². The normalized spacial score (nSPS) is 27.4. The van der Waals surface area contributed by atoms with Crippen LogP contribution in [0, 0.1) is 10.8 Å². The predicted molar refractivity (Wildman–Crippen MR) is 66.4 cm³/mol. The van der Waals surface area contributed by atoms with Crippen LogP contribution in [0.25, 0.3) is 0 Å². The fourth-order valence-corrected chi connectivity index (χ4v) is 2.80. The molecular weight excluding hydrogens is 200 g/mol. The first-order chi connectivity index (χ1) is 7.68. The fraction of sp³-hybridized carbons (Fsp3) is 1.00. The molecule has 3 N–H and O–H groups in total. The molecule has 1 heterocycles. The van der Waals surface area contributed by atoms with Crippen molar-refractivity contribution in [1.82, 2.24) is 5.32 Å². The van der Waals surface area contributed by atoms with E-state index in [1.165, 1.54) is 32.1 Å². The van der Waals surface area contributed by atoms with E-state index >= 15 is 0 Å². The third kappa shape index (κ3) is 2.76. The predicted octanol–water partition coefficient (Wildman–Crippen LogP) is 1.52. The Balaban J connectivity index is 1.70. The van der Waals surface area contributed by atoms with Gasteiger partial charge in [-0.25, -0.2) is 0 Å². The molecule has 16 heavy (non-hydrogen) atoms. The zero-order valence-corrected chi connectivity index (χ0v) is 10.6. The highest BCUT2D eigenvalue weighted by Crippen LogP contribution is 2.39. The summed E-state index contributed by atoms with van der Waals surface area (Å²) in [6.07, 6.45) is 6.38. The maximum atomic E-state index is 5.86. The van der Waals surface area contributed by atoms with E-state index in [1.54, 1.807) is 0 Å². The molecule has 2 aliphatic rings. The molecule has 0 atom stereocenters. The highest BCUT2D eigenvalue weighted by Gasteiger charge is 2.36. The van der Waals surface area contributed by atoms with Crippen LogP contribution in [0.3, 0.4) is 0 Å². The lowest BCUT2D eigenvalue weighted by Crippen LogP contribution is -2.48. The van der Waals surface area contributed by atoms with E-state index in [1.807, 2.05) is 0 Å². The molecule has 1 aliphatic carbocycles. The summed E-state index contributed by atoms with van der Waals surface area (Å²) in [4.78, 5) is 0. The molecule has 1 saturated carbocycles. The van der Waals surface area contributed by atoms with Crippen LogP contribution in [0.4, 0.5) is 0 Å². The Morgan fingerprint density at radius 2 is 1.81 bits per heavy atom. The summed E-state index contributed by atoms with van der Waals surface area (Å²) in [5.41, 5.74) is 6.74. The standard InChI is InChI=1S/C13H26N2O/c1-12(5-7-16-8-6-12)10-15-11-13(9-14)3-2-4-13/h15H,2-11,14H2,1H3. The van der Waals surface area contributed by atoms with Crippen molar-refractivity contribution in [2.45, 2.75) is 39.0 Å². The van der Waals surface area contributed by atoms with Crippen molar-refractivity contribution in [3.63, 3.8) is 0 Å². The molecule has 0 aromatic heterocycles. The number of hydrogen-bond acceptors (Lipinski definition) is 3. The summed E-state index contributed by atoms with van der Waals surface area (Å²) in [5, 5.41) is 3.65. The SMILES string of the molecule is CC1(CNCC2(CN)CCC2)CCOCC1. The maximum Gasteiger partial charge on any atom is 0.0471 e. The Morgan fingerprint density at radius 1 is 1.12 bits per heavy atom. The molecule has 1 aliphatic heterocycles. The Labute approximate surface area is 99.1 Å². The number of nitrogens with two attached hydrogens (primary N) is 1. The molecule has 94 valence electrons. The van der Waals surface area contributed by atoms with Gasteiger partial charge in [0.05, 0.1) is 0 Å². The van der Waals surface area contributed by atoms with E-state index in [4.69, 9.17) is 10.5 Å². The van der Waals surface area contributed by atoms with Crippen LogP contribution in [0.1, 0.15) is 39.0 Å². The van der Waals surface area contributed by atoms with Crippen LogP contribution in [0.2, 0.25) is 0 Å². The van der Waals surface area contributed by atoms with Crippen LogP contribution in [0.15, 0.2) is 0 Å². The van der Waals surface area contributed by atoms with E-state index in [0.29, 0.717) is 10.8 Å². The number of ether oxygens (including phenoxy) is 1. The lowest BCUT2D eigenvalue weighted by molar-refractivity contribution is 0.0212. The zero-order chi connectivity index (χ0) is 11.5. The zero-order valence-electron chi connectivity index (χ0n) is 10.6. The summed E-state index contributed by atoms with van der Waals surface area (Å²) < 4.78 is 5.42. The van der Waals surface area contributed by atoms with Crippen LogP contribution in [-0.2, 0) is 4.74 Å². The summed E-state index contributed by atoms with van der Waals surface area (Å²) in [6, 6.07) is 0. The topological polar surface area (TPSA) is 47.3 Å². The highest BCUT2D eigenvalue weighted by molar-refractivity contribution is 4.91. The molecule has 0 bridgehead atoms. The molecule has 0 radical (unpaired) electrons. The third-order valence-corrected chi connectivity index (χ3v) is 4.60. The van der Waals surface area contributed by atoms with Crippen molar-refractivity contribution < 1.29 is 4.74 Å². The molecule has 0 unspecified atom stereocenters. The lowest BCUT2D eigenvalue weighted by Gasteiger charge is -2.42. The van der Waals surface area contributed by atoms with Gasteiger partial charge in [0, 0.05) is 26.3 Å². The van der Waals surface area contributed by atoms with Gasteiger partial charge in [-0.1, -0.05) is 13.3 Å². The number of nitrogens with one attached hydrogen (secondary N) is 1. The van der Waals surface area contributed by atoms with Gasteiger partial charge in [0.1, 0.15) is 0 Å². The molecule has 0 amide bonds.